The van der Waals surface area contributed by atoms with Crippen LogP contribution in [0.4, 0.5) is 5.69 Å². The molecule has 0 spiro atoms. The van der Waals surface area contributed by atoms with Crippen LogP contribution in [0.1, 0.15) is 29.8 Å². The number of hydrogen-bond acceptors (Lipinski definition) is 4. The molecule has 3 aromatic rings. The van der Waals surface area contributed by atoms with Gasteiger partial charge in [-0.3, -0.25) is 9.59 Å². The minimum atomic E-state index is -0.289. The molecule has 32 heavy (non-hydrogen) atoms. The van der Waals surface area contributed by atoms with Crippen molar-refractivity contribution in [3.8, 4) is 11.5 Å². The average Bonchev–Trinajstić information content (AvgIpc) is 2.82. The molecule has 6 heteroatoms. The molecule has 166 valence electrons. The van der Waals surface area contributed by atoms with E-state index in [2.05, 4.69) is 36.6 Å². The molecule has 0 atom stereocenters. The normalized spacial score (nSPS) is 10.8. The zero-order valence-electron chi connectivity index (χ0n) is 18.6. The average molecular weight is 433 g/mol. The Bertz CT molecular complexity index is 1050. The Hall–Kier alpha value is -3.80. The summed E-state index contributed by atoms with van der Waals surface area (Å²) in [7, 11) is 1.57. The highest BCUT2D eigenvalue weighted by Gasteiger charge is 2.21. The molecule has 0 heterocycles. The van der Waals surface area contributed by atoms with Gasteiger partial charge < -0.3 is 20.1 Å². The van der Waals surface area contributed by atoms with Gasteiger partial charge >= 0.3 is 0 Å². The fourth-order valence-electron chi connectivity index (χ4n) is 3.14. The molecular formula is C26H28N2O4. The maximum Gasteiger partial charge on any atom is 0.262 e. The van der Waals surface area contributed by atoms with Crippen molar-refractivity contribution in [2.75, 3.05) is 25.6 Å². The van der Waals surface area contributed by atoms with E-state index in [0.29, 0.717) is 29.3 Å². The summed E-state index contributed by atoms with van der Waals surface area (Å²) in [6.45, 7) is 4.55. The molecule has 0 unspecified atom stereocenters. The monoisotopic (exact) mass is 432 g/mol. The van der Waals surface area contributed by atoms with Gasteiger partial charge in [0.15, 0.2) is 6.61 Å². The number of benzene rings is 3. The number of carbonyl (C=O) groups excluding carboxylic acids is 2. The Kier molecular flexibility index (Phi) is 7.49. The van der Waals surface area contributed by atoms with Crippen LogP contribution in [0.2, 0.25) is 0 Å². The Balaban J connectivity index is 1.48. The van der Waals surface area contributed by atoms with Crippen LogP contribution in [-0.4, -0.2) is 32.1 Å². The van der Waals surface area contributed by atoms with Crippen LogP contribution < -0.4 is 20.1 Å². The topological polar surface area (TPSA) is 76.7 Å². The van der Waals surface area contributed by atoms with Crippen molar-refractivity contribution in [2.24, 2.45) is 0 Å². The van der Waals surface area contributed by atoms with Crippen molar-refractivity contribution >= 4 is 17.5 Å². The zero-order valence-corrected chi connectivity index (χ0v) is 18.6. The number of hydrogen-bond donors (Lipinski definition) is 2. The first-order valence-electron chi connectivity index (χ1n) is 10.4. The van der Waals surface area contributed by atoms with Crippen molar-refractivity contribution in [2.45, 2.75) is 19.3 Å². The number of ether oxygens (including phenoxy) is 2. The molecule has 3 aromatic carbocycles. The van der Waals surface area contributed by atoms with Crippen LogP contribution in [0.15, 0.2) is 78.9 Å². The van der Waals surface area contributed by atoms with Gasteiger partial charge in [-0.15, -0.1) is 0 Å². The van der Waals surface area contributed by atoms with Crippen molar-refractivity contribution in [1.82, 2.24) is 5.32 Å². The lowest BCUT2D eigenvalue weighted by atomic mass is 9.84. The fraction of sp³-hybridized carbons (Fsp3) is 0.231. The SMILES string of the molecule is COc1cccc(NC(=O)COc2ccc(C(=O)NCC(C)(C)c3ccccc3)cc2)c1. The predicted octanol–water partition coefficient (Wildman–Crippen LogP) is 4.42. The summed E-state index contributed by atoms with van der Waals surface area (Å²) in [5.41, 5.74) is 2.14. The second kappa shape index (κ2) is 10.5. The van der Waals surface area contributed by atoms with Gasteiger partial charge in [0.2, 0.25) is 0 Å². The molecule has 2 N–H and O–H groups in total. The van der Waals surface area contributed by atoms with Crippen LogP contribution in [-0.2, 0) is 10.2 Å². The molecule has 6 nitrogen and oxygen atoms in total. The molecule has 0 radical (unpaired) electrons. The van der Waals surface area contributed by atoms with Gasteiger partial charge in [0.25, 0.3) is 11.8 Å². The number of methoxy groups -OCH3 is 1. The molecule has 0 fully saturated rings. The highest BCUT2D eigenvalue weighted by molar-refractivity contribution is 5.94. The van der Waals surface area contributed by atoms with E-state index >= 15 is 0 Å². The van der Waals surface area contributed by atoms with Crippen molar-refractivity contribution in [1.29, 1.82) is 0 Å². The van der Waals surface area contributed by atoms with Crippen molar-refractivity contribution in [3.63, 3.8) is 0 Å². The second-order valence-corrected chi connectivity index (χ2v) is 8.03. The van der Waals surface area contributed by atoms with Crippen LogP contribution in [0.5, 0.6) is 11.5 Å². The number of nitrogens with one attached hydrogen (secondary N) is 2. The van der Waals surface area contributed by atoms with Gasteiger partial charge in [0.1, 0.15) is 11.5 Å². The van der Waals surface area contributed by atoms with Gasteiger partial charge in [-0.05, 0) is 42.0 Å². The summed E-state index contributed by atoms with van der Waals surface area (Å²) in [6.07, 6.45) is 0. The highest BCUT2D eigenvalue weighted by Crippen LogP contribution is 2.22. The number of rotatable bonds is 9. The van der Waals surface area contributed by atoms with Crippen molar-refractivity contribution in [3.05, 3.63) is 90.0 Å². The Morgan fingerprint density at radius 1 is 0.875 bits per heavy atom. The maximum atomic E-state index is 12.5. The summed E-state index contributed by atoms with van der Waals surface area (Å²) >= 11 is 0. The van der Waals surface area contributed by atoms with E-state index in [-0.39, 0.29) is 23.8 Å². The lowest BCUT2D eigenvalue weighted by Crippen LogP contribution is -2.36. The van der Waals surface area contributed by atoms with Crippen molar-refractivity contribution < 1.29 is 19.1 Å². The molecule has 0 saturated heterocycles. The Morgan fingerprint density at radius 2 is 1.59 bits per heavy atom. The summed E-state index contributed by atoms with van der Waals surface area (Å²) in [4.78, 5) is 24.6. The van der Waals surface area contributed by atoms with Gasteiger partial charge in [0.05, 0.1) is 7.11 Å². The minimum absolute atomic E-state index is 0.145. The minimum Gasteiger partial charge on any atom is -0.497 e. The molecule has 0 aliphatic heterocycles. The standard InChI is InChI=1S/C26H28N2O4/c1-26(2,20-8-5-4-6-9-20)18-27-25(30)19-12-14-22(15-13-19)32-17-24(29)28-21-10-7-11-23(16-21)31-3/h4-16H,17-18H2,1-3H3,(H,27,30)(H,28,29). The molecule has 2 amide bonds. The number of anilines is 1. The lowest BCUT2D eigenvalue weighted by molar-refractivity contribution is -0.118. The maximum absolute atomic E-state index is 12.5. The van der Waals surface area contributed by atoms with Crippen LogP contribution in [0, 0.1) is 0 Å². The van der Waals surface area contributed by atoms with Gasteiger partial charge in [-0.25, -0.2) is 0 Å². The zero-order chi connectivity index (χ0) is 23.0. The van der Waals surface area contributed by atoms with E-state index in [1.54, 1.807) is 55.6 Å². The number of amides is 2. The van der Waals surface area contributed by atoms with Gasteiger partial charge in [-0.2, -0.15) is 0 Å². The quantitative estimate of drug-likeness (QED) is 0.525. The fourth-order valence-corrected chi connectivity index (χ4v) is 3.14. The summed E-state index contributed by atoms with van der Waals surface area (Å²) < 4.78 is 10.7. The first-order valence-corrected chi connectivity index (χ1v) is 10.4. The lowest BCUT2D eigenvalue weighted by Gasteiger charge is -2.25. The Morgan fingerprint density at radius 3 is 2.28 bits per heavy atom. The first kappa shape index (κ1) is 22.9. The third-order valence-electron chi connectivity index (χ3n) is 5.09. The van der Waals surface area contributed by atoms with E-state index in [1.165, 1.54) is 0 Å². The van der Waals surface area contributed by atoms with Crippen LogP contribution in [0.25, 0.3) is 0 Å². The molecule has 0 bridgehead atoms. The van der Waals surface area contributed by atoms with E-state index in [1.807, 2.05) is 18.2 Å². The summed E-state index contributed by atoms with van der Waals surface area (Å²) in [5.74, 6) is 0.719. The van der Waals surface area contributed by atoms with Crippen LogP contribution >= 0.6 is 0 Å². The smallest absolute Gasteiger partial charge is 0.262 e. The third kappa shape index (κ3) is 6.35. The van der Waals surface area contributed by atoms with E-state index in [4.69, 9.17) is 9.47 Å². The van der Waals surface area contributed by atoms with Crippen LogP contribution in [0.3, 0.4) is 0 Å². The van der Waals surface area contributed by atoms with E-state index in [0.717, 1.165) is 5.56 Å². The molecular weight excluding hydrogens is 404 g/mol. The number of carbonyl (C=O) groups is 2. The molecule has 3 rings (SSSR count). The third-order valence-corrected chi connectivity index (χ3v) is 5.09. The van der Waals surface area contributed by atoms with E-state index < -0.39 is 0 Å². The highest BCUT2D eigenvalue weighted by atomic mass is 16.5. The predicted molar refractivity (Wildman–Crippen MR) is 125 cm³/mol. The Labute approximate surface area is 188 Å². The summed E-state index contributed by atoms with van der Waals surface area (Å²) in [6, 6.07) is 23.9. The van der Waals surface area contributed by atoms with Gasteiger partial charge in [0, 0.05) is 29.3 Å². The molecule has 0 saturated carbocycles. The van der Waals surface area contributed by atoms with E-state index in [9.17, 15) is 9.59 Å². The van der Waals surface area contributed by atoms with Gasteiger partial charge in [-0.1, -0.05) is 50.2 Å². The largest absolute Gasteiger partial charge is 0.497 e. The second-order valence-electron chi connectivity index (χ2n) is 8.03. The molecule has 0 aromatic heterocycles. The molecule has 0 aliphatic carbocycles. The summed E-state index contributed by atoms with van der Waals surface area (Å²) in [5, 5.41) is 5.74. The first-order chi connectivity index (χ1) is 15.4. The molecule has 0 aliphatic rings.